The summed E-state index contributed by atoms with van der Waals surface area (Å²) in [5.41, 5.74) is 1.26. The molecule has 0 radical (unpaired) electrons. The van der Waals surface area contributed by atoms with E-state index in [0.717, 1.165) is 11.9 Å². The molecule has 0 spiro atoms. The Labute approximate surface area is 74.5 Å². The number of alkyl halides is 2. The highest BCUT2D eigenvalue weighted by molar-refractivity contribution is 7.99. The van der Waals surface area contributed by atoms with Crippen LogP contribution in [0.15, 0.2) is 10.9 Å². The number of halogens is 3. The maximum absolute atomic E-state index is 12.6. The largest absolute Gasteiger partial charge is 0.246 e. The molecule has 0 heterocycles. The molecule has 1 atom stereocenters. The second-order valence-corrected chi connectivity index (χ2v) is 2.89. The summed E-state index contributed by atoms with van der Waals surface area (Å²) in [5, 5.41) is 1.49. The smallest absolute Gasteiger partial charge is 0.191 e. The summed E-state index contributed by atoms with van der Waals surface area (Å²) in [5.74, 6) is 0. The first kappa shape index (κ1) is 11.2. The van der Waals surface area contributed by atoms with Crippen molar-refractivity contribution < 1.29 is 8.78 Å². The maximum atomic E-state index is 12.6. The van der Waals surface area contributed by atoms with Crippen molar-refractivity contribution in [2.45, 2.75) is 13.2 Å². The molecular formula is C6H10ClF2NS. The summed E-state index contributed by atoms with van der Waals surface area (Å²) in [6.07, 6.45) is -1.54. The Bertz CT molecular complexity index is 123. The summed E-state index contributed by atoms with van der Waals surface area (Å²) in [6.45, 7) is 1.20. The van der Waals surface area contributed by atoms with Gasteiger partial charge in [0, 0.05) is 12.1 Å². The van der Waals surface area contributed by atoms with Gasteiger partial charge in [0.15, 0.2) is 6.30 Å². The van der Waals surface area contributed by atoms with Gasteiger partial charge in [-0.05, 0) is 17.4 Å². The first-order chi connectivity index (χ1) is 5.26. The molecule has 66 valence electrons. The van der Waals surface area contributed by atoms with E-state index in [1.54, 1.807) is 6.92 Å². The Morgan fingerprint density at radius 2 is 2.36 bits per heavy atom. The highest BCUT2D eigenvalue weighted by Gasteiger charge is 2.14. The average Bonchev–Trinajstić information content (AvgIpc) is 2.05. The molecule has 1 unspecified atom stereocenters. The van der Waals surface area contributed by atoms with Crippen molar-refractivity contribution >= 4 is 23.5 Å². The predicted octanol–water partition coefficient (Wildman–Crippen LogP) is 2.93. The molecule has 0 amide bonds. The van der Waals surface area contributed by atoms with Gasteiger partial charge in [0.05, 0.1) is 0 Å². The molecule has 5 heteroatoms. The molecule has 0 aromatic heterocycles. The lowest BCUT2D eigenvalue weighted by Crippen LogP contribution is -2.26. The molecule has 0 aliphatic rings. The molecule has 0 aromatic carbocycles. The van der Waals surface area contributed by atoms with Crippen LogP contribution in [0, 0.1) is 0 Å². The SMILES string of the molecule is CCN(SC=CCl)C(F)CF. The van der Waals surface area contributed by atoms with Crippen LogP contribution in [0.5, 0.6) is 0 Å². The number of hydrogen-bond donors (Lipinski definition) is 0. The van der Waals surface area contributed by atoms with Crippen LogP contribution < -0.4 is 0 Å². The van der Waals surface area contributed by atoms with E-state index in [9.17, 15) is 8.78 Å². The van der Waals surface area contributed by atoms with E-state index in [-0.39, 0.29) is 0 Å². The van der Waals surface area contributed by atoms with Gasteiger partial charge in [0.25, 0.3) is 0 Å². The van der Waals surface area contributed by atoms with E-state index in [1.807, 2.05) is 0 Å². The van der Waals surface area contributed by atoms with E-state index in [4.69, 9.17) is 11.6 Å². The first-order valence-electron chi connectivity index (χ1n) is 3.15. The monoisotopic (exact) mass is 201 g/mol. The van der Waals surface area contributed by atoms with Crippen molar-refractivity contribution in [2.24, 2.45) is 0 Å². The summed E-state index contributed by atoms with van der Waals surface area (Å²) >= 11 is 6.27. The van der Waals surface area contributed by atoms with Gasteiger partial charge in [0.1, 0.15) is 6.67 Å². The Morgan fingerprint density at radius 3 is 2.73 bits per heavy atom. The van der Waals surface area contributed by atoms with Crippen LogP contribution in [-0.4, -0.2) is 23.8 Å². The van der Waals surface area contributed by atoms with Crippen LogP contribution in [0.25, 0.3) is 0 Å². The lowest BCUT2D eigenvalue weighted by molar-refractivity contribution is 0.145. The average molecular weight is 202 g/mol. The lowest BCUT2D eigenvalue weighted by atomic mass is 10.6. The number of hydrogen-bond acceptors (Lipinski definition) is 2. The molecule has 0 N–H and O–H groups in total. The third-order valence-electron chi connectivity index (χ3n) is 0.999. The molecule has 0 aliphatic heterocycles. The second kappa shape index (κ2) is 6.88. The van der Waals surface area contributed by atoms with E-state index in [1.165, 1.54) is 15.2 Å². The van der Waals surface area contributed by atoms with Gasteiger partial charge in [-0.15, -0.1) is 0 Å². The Hall–Kier alpha value is 0.200. The van der Waals surface area contributed by atoms with E-state index in [0.29, 0.717) is 6.54 Å². The van der Waals surface area contributed by atoms with Gasteiger partial charge >= 0.3 is 0 Å². The van der Waals surface area contributed by atoms with Gasteiger partial charge in [-0.25, -0.2) is 13.1 Å². The summed E-state index contributed by atoms with van der Waals surface area (Å²) in [7, 11) is 0. The molecule has 11 heavy (non-hydrogen) atoms. The zero-order valence-electron chi connectivity index (χ0n) is 6.14. The van der Waals surface area contributed by atoms with Gasteiger partial charge in [-0.1, -0.05) is 18.5 Å². The third kappa shape index (κ3) is 4.61. The molecule has 0 aliphatic carbocycles. The summed E-state index contributed by atoms with van der Waals surface area (Å²) < 4.78 is 25.6. The van der Waals surface area contributed by atoms with Crippen LogP contribution in [0.3, 0.4) is 0 Å². The highest BCUT2D eigenvalue weighted by atomic mass is 35.5. The van der Waals surface area contributed by atoms with Crippen molar-refractivity contribution in [3.05, 3.63) is 10.9 Å². The van der Waals surface area contributed by atoms with Crippen LogP contribution >= 0.6 is 23.5 Å². The molecule has 0 fully saturated rings. The maximum Gasteiger partial charge on any atom is 0.191 e. The quantitative estimate of drug-likeness (QED) is 0.497. The molecule has 0 aromatic rings. The normalized spacial score (nSPS) is 14.6. The Morgan fingerprint density at radius 1 is 1.73 bits per heavy atom. The summed E-state index contributed by atoms with van der Waals surface area (Å²) in [4.78, 5) is 0. The van der Waals surface area contributed by atoms with Crippen molar-refractivity contribution in [2.75, 3.05) is 13.2 Å². The van der Waals surface area contributed by atoms with E-state index in [2.05, 4.69) is 0 Å². The van der Waals surface area contributed by atoms with Gasteiger partial charge < -0.3 is 0 Å². The fraction of sp³-hybridized carbons (Fsp3) is 0.667. The van der Waals surface area contributed by atoms with Gasteiger partial charge in [0.2, 0.25) is 0 Å². The van der Waals surface area contributed by atoms with Crippen LogP contribution in [0.2, 0.25) is 0 Å². The lowest BCUT2D eigenvalue weighted by Gasteiger charge is -2.18. The highest BCUT2D eigenvalue weighted by Crippen LogP contribution is 2.16. The zero-order chi connectivity index (χ0) is 8.69. The predicted molar refractivity (Wildman–Crippen MR) is 45.8 cm³/mol. The fourth-order valence-electron chi connectivity index (χ4n) is 0.517. The second-order valence-electron chi connectivity index (χ2n) is 1.69. The summed E-state index contributed by atoms with van der Waals surface area (Å²) in [6, 6.07) is 0. The molecule has 0 bridgehead atoms. The first-order valence-corrected chi connectivity index (χ1v) is 4.42. The third-order valence-corrected chi connectivity index (χ3v) is 2.29. The minimum Gasteiger partial charge on any atom is -0.246 e. The molecule has 0 saturated heterocycles. The minimum atomic E-state index is -1.54. The van der Waals surface area contributed by atoms with Crippen molar-refractivity contribution in [3.63, 3.8) is 0 Å². The Kier molecular flexibility index (Phi) is 7.01. The molecule has 0 saturated carbocycles. The minimum absolute atomic E-state index is 0.441. The molecule has 0 rings (SSSR count). The number of nitrogens with zero attached hydrogens (tertiary/aromatic N) is 1. The zero-order valence-corrected chi connectivity index (χ0v) is 7.71. The molecule has 1 nitrogen and oxygen atoms in total. The van der Waals surface area contributed by atoms with Crippen molar-refractivity contribution in [3.8, 4) is 0 Å². The number of rotatable bonds is 5. The van der Waals surface area contributed by atoms with Crippen molar-refractivity contribution in [1.82, 2.24) is 4.31 Å². The standard InChI is InChI=1S/C6H10ClF2NS/c1-2-10(6(9)5-8)11-4-3-7/h3-4,6H,2,5H2,1H3. The topological polar surface area (TPSA) is 3.24 Å². The fourth-order valence-corrected chi connectivity index (χ4v) is 1.19. The Balaban J connectivity index is 3.74. The van der Waals surface area contributed by atoms with E-state index >= 15 is 0 Å². The molecular weight excluding hydrogens is 192 g/mol. The van der Waals surface area contributed by atoms with Crippen LogP contribution in [0.1, 0.15) is 6.92 Å². The van der Waals surface area contributed by atoms with Crippen LogP contribution in [-0.2, 0) is 0 Å². The van der Waals surface area contributed by atoms with Gasteiger partial charge in [-0.3, -0.25) is 0 Å². The van der Waals surface area contributed by atoms with E-state index < -0.39 is 13.0 Å². The van der Waals surface area contributed by atoms with Gasteiger partial charge in [-0.2, -0.15) is 0 Å². The van der Waals surface area contributed by atoms with Crippen LogP contribution in [0.4, 0.5) is 8.78 Å². The van der Waals surface area contributed by atoms with Crippen molar-refractivity contribution in [1.29, 1.82) is 0 Å².